The smallest absolute Gasteiger partial charge is 0.237 e. The van der Waals surface area contributed by atoms with Crippen molar-refractivity contribution in [1.29, 1.82) is 0 Å². The molecule has 4 N–H and O–H groups in total. The summed E-state index contributed by atoms with van der Waals surface area (Å²) in [6, 6.07) is 0. The predicted molar refractivity (Wildman–Crippen MR) is 38.1 cm³/mol. The molecule has 5 nitrogen and oxygen atoms in total. The van der Waals surface area contributed by atoms with E-state index in [2.05, 4.69) is 5.32 Å². The summed E-state index contributed by atoms with van der Waals surface area (Å²) in [7, 11) is 0. The second-order valence-corrected chi connectivity index (χ2v) is 2.55. The molecule has 0 spiro atoms. The normalized spacial score (nSPS) is 24.1. The van der Waals surface area contributed by atoms with Gasteiger partial charge in [0, 0.05) is 18.9 Å². The average molecular weight is 157 g/mol. The van der Waals surface area contributed by atoms with E-state index in [1.807, 2.05) is 5.43 Å². The molecule has 0 bridgehead atoms. The van der Waals surface area contributed by atoms with Gasteiger partial charge in [-0.3, -0.25) is 15.0 Å². The third-order valence-corrected chi connectivity index (χ3v) is 1.76. The van der Waals surface area contributed by atoms with Gasteiger partial charge in [0.2, 0.25) is 11.8 Å². The molecule has 0 aliphatic carbocycles. The number of hydrogen-bond donors (Lipinski definition) is 3. The van der Waals surface area contributed by atoms with Gasteiger partial charge in [-0.1, -0.05) is 0 Å². The van der Waals surface area contributed by atoms with Gasteiger partial charge >= 0.3 is 0 Å². The van der Waals surface area contributed by atoms with Crippen molar-refractivity contribution in [2.75, 3.05) is 6.54 Å². The van der Waals surface area contributed by atoms with Gasteiger partial charge in [-0.2, -0.15) is 0 Å². The van der Waals surface area contributed by atoms with Crippen LogP contribution in [-0.4, -0.2) is 18.4 Å². The molecule has 1 saturated heterocycles. The second-order valence-electron chi connectivity index (χ2n) is 2.55. The Bertz CT molecular complexity index is 181. The number of piperidine rings is 1. The van der Waals surface area contributed by atoms with Crippen LogP contribution in [0.15, 0.2) is 0 Å². The Labute approximate surface area is 64.3 Å². The lowest BCUT2D eigenvalue weighted by molar-refractivity contribution is -0.132. The highest BCUT2D eigenvalue weighted by atomic mass is 16.2. The number of amides is 2. The van der Waals surface area contributed by atoms with Crippen LogP contribution in [0.3, 0.4) is 0 Å². The molecular formula is C6H11N3O2. The summed E-state index contributed by atoms with van der Waals surface area (Å²) in [5.74, 6) is 4.35. The summed E-state index contributed by atoms with van der Waals surface area (Å²) < 4.78 is 0. The molecule has 0 aromatic heterocycles. The predicted octanol–water partition coefficient (Wildman–Crippen LogP) is -1.50. The monoisotopic (exact) mass is 157 g/mol. The van der Waals surface area contributed by atoms with Crippen molar-refractivity contribution in [1.82, 2.24) is 10.7 Å². The Morgan fingerprint density at radius 2 is 2.45 bits per heavy atom. The van der Waals surface area contributed by atoms with E-state index in [0.717, 1.165) is 0 Å². The van der Waals surface area contributed by atoms with Crippen molar-refractivity contribution in [2.45, 2.75) is 12.8 Å². The van der Waals surface area contributed by atoms with E-state index in [0.29, 0.717) is 13.0 Å². The van der Waals surface area contributed by atoms with Crippen molar-refractivity contribution in [3.8, 4) is 0 Å². The molecule has 0 aromatic carbocycles. The van der Waals surface area contributed by atoms with Crippen LogP contribution in [-0.2, 0) is 9.59 Å². The molecule has 5 heteroatoms. The molecule has 1 heterocycles. The first-order valence-corrected chi connectivity index (χ1v) is 3.51. The average Bonchev–Trinajstić information content (AvgIpc) is 2.03. The number of nitrogens with two attached hydrogens (primary N) is 1. The summed E-state index contributed by atoms with van der Waals surface area (Å²) in [5, 5.41) is 2.63. The van der Waals surface area contributed by atoms with Crippen LogP contribution >= 0.6 is 0 Å². The van der Waals surface area contributed by atoms with Gasteiger partial charge in [0.15, 0.2) is 0 Å². The summed E-state index contributed by atoms with van der Waals surface area (Å²) >= 11 is 0. The maximum atomic E-state index is 10.9. The first-order valence-electron chi connectivity index (χ1n) is 3.51. The third-order valence-electron chi connectivity index (χ3n) is 1.76. The van der Waals surface area contributed by atoms with Crippen molar-refractivity contribution >= 4 is 11.8 Å². The van der Waals surface area contributed by atoms with E-state index in [1.165, 1.54) is 0 Å². The molecule has 1 rings (SSSR count). The zero-order valence-corrected chi connectivity index (χ0v) is 6.09. The van der Waals surface area contributed by atoms with Crippen LogP contribution in [0.4, 0.5) is 0 Å². The van der Waals surface area contributed by atoms with Gasteiger partial charge < -0.3 is 5.32 Å². The lowest BCUT2D eigenvalue weighted by atomic mass is 9.97. The molecule has 11 heavy (non-hydrogen) atoms. The van der Waals surface area contributed by atoms with Gasteiger partial charge in [-0.05, 0) is 6.42 Å². The Morgan fingerprint density at radius 1 is 1.73 bits per heavy atom. The molecule has 1 atom stereocenters. The fraction of sp³-hybridized carbons (Fsp3) is 0.667. The molecule has 1 aliphatic rings. The summed E-state index contributed by atoms with van der Waals surface area (Å²) in [6.07, 6.45) is 0.928. The highest BCUT2D eigenvalue weighted by molar-refractivity contribution is 5.86. The number of rotatable bonds is 1. The highest BCUT2D eigenvalue weighted by Gasteiger charge is 2.24. The van der Waals surface area contributed by atoms with Gasteiger partial charge in [-0.25, -0.2) is 5.84 Å². The number of carbonyl (C=O) groups excluding carboxylic acids is 2. The zero-order valence-electron chi connectivity index (χ0n) is 6.09. The highest BCUT2D eigenvalue weighted by Crippen LogP contribution is 2.11. The summed E-state index contributed by atoms with van der Waals surface area (Å²) in [6.45, 7) is 0.566. The maximum absolute atomic E-state index is 10.9. The molecular weight excluding hydrogens is 146 g/mol. The fourth-order valence-electron chi connectivity index (χ4n) is 1.13. The molecule has 62 valence electrons. The Hall–Kier alpha value is -1.10. The Morgan fingerprint density at radius 3 is 3.00 bits per heavy atom. The van der Waals surface area contributed by atoms with Crippen molar-refractivity contribution in [3.63, 3.8) is 0 Å². The van der Waals surface area contributed by atoms with Crippen LogP contribution in [0.1, 0.15) is 12.8 Å². The lowest BCUT2D eigenvalue weighted by Crippen LogP contribution is -2.43. The van der Waals surface area contributed by atoms with Gasteiger partial charge in [0.05, 0.1) is 0 Å². The molecule has 2 amide bonds. The van der Waals surface area contributed by atoms with Gasteiger partial charge in [-0.15, -0.1) is 0 Å². The number of nitrogens with one attached hydrogen (secondary N) is 2. The molecule has 0 saturated carbocycles. The van der Waals surface area contributed by atoms with E-state index < -0.39 is 0 Å². The van der Waals surface area contributed by atoms with Crippen LogP contribution in [0, 0.1) is 5.92 Å². The van der Waals surface area contributed by atoms with Crippen molar-refractivity contribution < 1.29 is 9.59 Å². The third kappa shape index (κ3) is 1.91. The SMILES string of the molecule is NNC(=O)C1CCNC(=O)C1. The van der Waals surface area contributed by atoms with E-state index in [9.17, 15) is 9.59 Å². The lowest BCUT2D eigenvalue weighted by Gasteiger charge is -2.19. The minimum absolute atomic E-state index is 0.0788. The topological polar surface area (TPSA) is 84.2 Å². The number of hydrazine groups is 1. The molecule has 1 unspecified atom stereocenters. The maximum Gasteiger partial charge on any atom is 0.237 e. The largest absolute Gasteiger partial charge is 0.356 e. The van der Waals surface area contributed by atoms with Crippen LogP contribution in [0.5, 0.6) is 0 Å². The van der Waals surface area contributed by atoms with Crippen molar-refractivity contribution in [3.05, 3.63) is 0 Å². The molecule has 1 aliphatic heterocycles. The molecule has 0 radical (unpaired) electrons. The van der Waals surface area contributed by atoms with E-state index in [1.54, 1.807) is 0 Å². The Balaban J connectivity index is 2.45. The number of carbonyl (C=O) groups is 2. The van der Waals surface area contributed by atoms with Crippen molar-refractivity contribution in [2.24, 2.45) is 11.8 Å². The quantitative estimate of drug-likeness (QED) is 0.246. The van der Waals surface area contributed by atoms with Crippen LogP contribution < -0.4 is 16.6 Å². The van der Waals surface area contributed by atoms with Crippen LogP contribution in [0.2, 0.25) is 0 Å². The van der Waals surface area contributed by atoms with E-state index >= 15 is 0 Å². The van der Waals surface area contributed by atoms with E-state index in [4.69, 9.17) is 5.84 Å². The molecule has 1 fully saturated rings. The molecule has 0 aromatic rings. The number of hydrogen-bond acceptors (Lipinski definition) is 3. The van der Waals surface area contributed by atoms with Gasteiger partial charge in [0.25, 0.3) is 0 Å². The van der Waals surface area contributed by atoms with E-state index in [-0.39, 0.29) is 24.2 Å². The van der Waals surface area contributed by atoms with Gasteiger partial charge in [0.1, 0.15) is 0 Å². The Kier molecular flexibility index (Phi) is 2.43. The zero-order chi connectivity index (χ0) is 8.27. The summed E-state index contributed by atoms with van der Waals surface area (Å²) in [4.78, 5) is 21.7. The standard InChI is InChI=1S/C6H11N3O2/c7-9-6(11)4-1-2-8-5(10)3-4/h4H,1-3,7H2,(H,8,10)(H,9,11). The second kappa shape index (κ2) is 3.34. The minimum atomic E-state index is -0.250. The summed E-state index contributed by atoms with van der Waals surface area (Å²) in [5.41, 5.74) is 2.04. The van der Waals surface area contributed by atoms with Crippen LogP contribution in [0.25, 0.3) is 0 Å². The first kappa shape index (κ1) is 8.00. The fourth-order valence-corrected chi connectivity index (χ4v) is 1.13. The first-order chi connectivity index (χ1) is 5.24. The minimum Gasteiger partial charge on any atom is -0.356 e.